The molecule has 0 aromatic heterocycles. The number of hydrogen-bond donors (Lipinski definition) is 0. The van der Waals surface area contributed by atoms with E-state index in [4.69, 9.17) is 4.74 Å². The average Bonchev–Trinajstić information content (AvgIpc) is 2.15. The highest BCUT2D eigenvalue weighted by molar-refractivity contribution is 6.32. The Bertz CT molecular complexity index is 262. The fourth-order valence-electron chi connectivity index (χ4n) is 1.51. The van der Waals surface area contributed by atoms with E-state index >= 15 is 0 Å². The summed E-state index contributed by atoms with van der Waals surface area (Å²) in [5.74, 6) is -1.36. The summed E-state index contributed by atoms with van der Waals surface area (Å²) in [6, 6.07) is 0. The molecule has 0 aliphatic carbocycles. The lowest BCUT2D eigenvalue weighted by atomic mass is 10.1. The van der Waals surface area contributed by atoms with E-state index in [0.717, 1.165) is 0 Å². The Morgan fingerprint density at radius 1 is 1.47 bits per heavy atom. The molecule has 86 valence electrons. The highest BCUT2D eigenvalue weighted by Crippen LogP contribution is 2.16. The van der Waals surface area contributed by atoms with Gasteiger partial charge in [-0.05, 0) is 20.8 Å². The van der Waals surface area contributed by atoms with Crippen molar-refractivity contribution in [3.63, 3.8) is 0 Å². The number of hydrogen-bond acceptors (Lipinski definition) is 4. The third kappa shape index (κ3) is 3.20. The quantitative estimate of drug-likeness (QED) is 0.463. The Morgan fingerprint density at radius 2 is 2.13 bits per heavy atom. The number of ether oxygens (including phenoxy) is 2. The predicted molar refractivity (Wildman–Crippen MR) is 53.2 cm³/mol. The predicted octanol–water partition coefficient (Wildman–Crippen LogP) is 0.187. The highest BCUT2D eigenvalue weighted by Gasteiger charge is 2.33. The molecule has 15 heavy (non-hydrogen) atoms. The van der Waals surface area contributed by atoms with E-state index < -0.39 is 11.9 Å². The molecule has 1 aliphatic rings. The molecule has 0 aromatic carbocycles. The van der Waals surface area contributed by atoms with Crippen LogP contribution in [-0.2, 0) is 19.1 Å². The first-order valence-corrected chi connectivity index (χ1v) is 5.06. The molecule has 1 amide bonds. The van der Waals surface area contributed by atoms with E-state index in [1.165, 1.54) is 4.90 Å². The second-order valence-corrected chi connectivity index (χ2v) is 4.06. The maximum Gasteiger partial charge on any atom is 0.397 e. The Balaban J connectivity index is 2.56. The van der Waals surface area contributed by atoms with Gasteiger partial charge in [0, 0.05) is 13.1 Å². The van der Waals surface area contributed by atoms with E-state index in [9.17, 15) is 9.59 Å². The van der Waals surface area contributed by atoms with E-state index in [0.29, 0.717) is 19.7 Å². The van der Waals surface area contributed by atoms with Crippen LogP contribution in [0.1, 0.15) is 20.8 Å². The van der Waals surface area contributed by atoms with Crippen molar-refractivity contribution in [3.8, 4) is 0 Å². The first-order valence-electron chi connectivity index (χ1n) is 5.06. The third-order valence-electron chi connectivity index (χ3n) is 2.16. The summed E-state index contributed by atoms with van der Waals surface area (Å²) < 4.78 is 10.1. The third-order valence-corrected chi connectivity index (χ3v) is 2.16. The average molecular weight is 215 g/mol. The van der Waals surface area contributed by atoms with Crippen molar-refractivity contribution in [2.45, 2.75) is 26.4 Å². The zero-order chi connectivity index (χ0) is 11.5. The van der Waals surface area contributed by atoms with E-state index in [1.54, 1.807) is 6.92 Å². The lowest BCUT2D eigenvalue weighted by Crippen LogP contribution is -2.52. The summed E-state index contributed by atoms with van der Waals surface area (Å²) >= 11 is 0. The summed E-state index contributed by atoms with van der Waals surface area (Å²) in [6.07, 6.45) is 0. The second-order valence-electron chi connectivity index (χ2n) is 4.06. The maximum absolute atomic E-state index is 11.6. The van der Waals surface area contributed by atoms with Crippen molar-refractivity contribution in [3.05, 3.63) is 0 Å². The summed E-state index contributed by atoms with van der Waals surface area (Å²) in [4.78, 5) is 24.2. The van der Waals surface area contributed by atoms with Crippen LogP contribution in [0.15, 0.2) is 0 Å². The van der Waals surface area contributed by atoms with Crippen LogP contribution >= 0.6 is 0 Å². The van der Waals surface area contributed by atoms with Gasteiger partial charge >= 0.3 is 11.9 Å². The summed E-state index contributed by atoms with van der Waals surface area (Å²) in [7, 11) is 0. The van der Waals surface area contributed by atoms with Crippen molar-refractivity contribution in [1.82, 2.24) is 4.90 Å². The molecule has 1 aliphatic heterocycles. The molecular formula is C10H17NO4. The number of carbonyl (C=O) groups excluding carboxylic acids is 2. The van der Waals surface area contributed by atoms with Crippen molar-refractivity contribution in [2.75, 3.05) is 26.3 Å². The Morgan fingerprint density at radius 3 is 2.67 bits per heavy atom. The van der Waals surface area contributed by atoms with Crippen molar-refractivity contribution in [1.29, 1.82) is 0 Å². The lowest BCUT2D eigenvalue weighted by molar-refractivity contribution is -0.166. The maximum atomic E-state index is 11.6. The first kappa shape index (κ1) is 12.0. The number of carbonyl (C=O) groups is 2. The van der Waals surface area contributed by atoms with Gasteiger partial charge in [0.2, 0.25) is 0 Å². The van der Waals surface area contributed by atoms with Gasteiger partial charge in [0.25, 0.3) is 0 Å². The van der Waals surface area contributed by atoms with Crippen LogP contribution in [-0.4, -0.2) is 48.7 Å². The summed E-state index contributed by atoms with van der Waals surface area (Å²) in [5.41, 5.74) is -0.388. The summed E-state index contributed by atoms with van der Waals surface area (Å²) in [5, 5.41) is 0. The van der Waals surface area contributed by atoms with Gasteiger partial charge in [0.05, 0.1) is 18.8 Å². The minimum atomic E-state index is -0.782. The topological polar surface area (TPSA) is 55.8 Å². The fourth-order valence-corrected chi connectivity index (χ4v) is 1.51. The fraction of sp³-hybridized carbons (Fsp3) is 0.800. The van der Waals surface area contributed by atoms with Gasteiger partial charge < -0.3 is 14.4 Å². The first-order chi connectivity index (χ1) is 6.96. The molecular weight excluding hydrogens is 198 g/mol. The monoisotopic (exact) mass is 215 g/mol. The molecule has 0 radical (unpaired) electrons. The van der Waals surface area contributed by atoms with Crippen LogP contribution in [0.2, 0.25) is 0 Å². The zero-order valence-corrected chi connectivity index (χ0v) is 9.41. The van der Waals surface area contributed by atoms with Crippen LogP contribution in [0.5, 0.6) is 0 Å². The van der Waals surface area contributed by atoms with E-state index in [2.05, 4.69) is 4.74 Å². The smallest absolute Gasteiger partial charge is 0.397 e. The minimum absolute atomic E-state index is 0.221. The Hall–Kier alpha value is -1.10. The number of nitrogens with zero attached hydrogens (tertiary/aromatic N) is 1. The second kappa shape index (κ2) is 4.61. The molecule has 0 unspecified atom stereocenters. The van der Waals surface area contributed by atoms with Crippen LogP contribution in [0.3, 0.4) is 0 Å². The number of rotatable bonds is 1. The van der Waals surface area contributed by atoms with Crippen molar-refractivity contribution in [2.24, 2.45) is 0 Å². The van der Waals surface area contributed by atoms with E-state index in [-0.39, 0.29) is 12.2 Å². The number of esters is 1. The molecule has 0 atom stereocenters. The molecule has 5 nitrogen and oxygen atoms in total. The Kier molecular flexibility index (Phi) is 3.68. The normalized spacial score (nSPS) is 19.8. The van der Waals surface area contributed by atoms with Gasteiger partial charge in [0.1, 0.15) is 0 Å². The molecule has 1 fully saturated rings. The summed E-state index contributed by atoms with van der Waals surface area (Å²) in [6.45, 7) is 6.99. The Labute approximate surface area is 89.3 Å². The van der Waals surface area contributed by atoms with Crippen LogP contribution in [0.4, 0.5) is 0 Å². The molecule has 1 saturated heterocycles. The van der Waals surface area contributed by atoms with Gasteiger partial charge in [-0.25, -0.2) is 4.79 Å². The van der Waals surface area contributed by atoms with Gasteiger partial charge in [-0.3, -0.25) is 4.79 Å². The molecule has 0 bridgehead atoms. The molecule has 0 saturated carbocycles. The van der Waals surface area contributed by atoms with E-state index in [1.807, 2.05) is 13.8 Å². The van der Waals surface area contributed by atoms with Crippen LogP contribution in [0, 0.1) is 0 Å². The molecule has 0 N–H and O–H groups in total. The van der Waals surface area contributed by atoms with Gasteiger partial charge in [0.15, 0.2) is 0 Å². The molecule has 0 spiro atoms. The van der Waals surface area contributed by atoms with Crippen molar-refractivity contribution >= 4 is 11.9 Å². The lowest BCUT2D eigenvalue weighted by Gasteiger charge is -2.37. The van der Waals surface area contributed by atoms with Gasteiger partial charge in [-0.1, -0.05) is 0 Å². The highest BCUT2D eigenvalue weighted by atomic mass is 16.5. The SMILES string of the molecule is CCOC(=O)C(=O)N1CCOC(C)(C)C1. The van der Waals surface area contributed by atoms with Gasteiger partial charge in [-0.2, -0.15) is 0 Å². The largest absolute Gasteiger partial charge is 0.459 e. The molecule has 1 rings (SSSR count). The minimum Gasteiger partial charge on any atom is -0.459 e. The van der Waals surface area contributed by atoms with Crippen LogP contribution < -0.4 is 0 Å². The molecule has 1 heterocycles. The zero-order valence-electron chi connectivity index (χ0n) is 9.41. The number of morpholine rings is 1. The molecule has 0 aromatic rings. The van der Waals surface area contributed by atoms with Crippen molar-refractivity contribution < 1.29 is 19.1 Å². The molecule has 5 heteroatoms. The standard InChI is InChI=1S/C10H17NO4/c1-4-14-9(13)8(12)11-5-6-15-10(2,3)7-11/h4-7H2,1-3H3. The van der Waals surface area contributed by atoms with Crippen LogP contribution in [0.25, 0.3) is 0 Å². The van der Waals surface area contributed by atoms with Gasteiger partial charge in [-0.15, -0.1) is 0 Å². The number of amides is 1.